The average Bonchev–Trinajstić information content (AvgIpc) is 2.54. The Morgan fingerprint density at radius 2 is 1.65 bits per heavy atom. The Balaban J connectivity index is 1.53. The molecule has 9 heteroatoms. The summed E-state index contributed by atoms with van der Waals surface area (Å²) in [5.74, 6) is -1.04. The van der Waals surface area contributed by atoms with Crippen molar-refractivity contribution in [3.63, 3.8) is 0 Å². The number of carbonyl (C=O) groups is 2. The Morgan fingerprint density at radius 1 is 1.08 bits per heavy atom. The second-order valence-electron chi connectivity index (χ2n) is 6.86. The maximum Gasteiger partial charge on any atom is 0.254 e. The van der Waals surface area contributed by atoms with Crippen LogP contribution >= 0.6 is 0 Å². The molecular formula is C17H22FN3O4S. The van der Waals surface area contributed by atoms with E-state index >= 15 is 0 Å². The van der Waals surface area contributed by atoms with Gasteiger partial charge in [0.05, 0.1) is 12.2 Å². The van der Waals surface area contributed by atoms with Crippen molar-refractivity contribution in [2.24, 2.45) is 5.92 Å². The van der Waals surface area contributed by atoms with Crippen molar-refractivity contribution < 1.29 is 22.4 Å². The molecule has 0 bridgehead atoms. The number of hydrogen-bond acceptors (Lipinski definition) is 4. The van der Waals surface area contributed by atoms with Crippen LogP contribution in [0, 0.1) is 18.7 Å². The molecule has 0 N–H and O–H groups in total. The molecule has 7 nitrogen and oxygen atoms in total. The van der Waals surface area contributed by atoms with Crippen molar-refractivity contribution >= 4 is 21.8 Å². The highest BCUT2D eigenvalue weighted by Crippen LogP contribution is 2.22. The smallest absolute Gasteiger partial charge is 0.254 e. The predicted molar refractivity (Wildman–Crippen MR) is 93.5 cm³/mol. The van der Waals surface area contributed by atoms with Gasteiger partial charge >= 0.3 is 0 Å². The molecule has 0 radical (unpaired) electrons. The first-order valence-corrected chi connectivity index (χ1v) is 10.3. The molecule has 1 aromatic carbocycles. The molecule has 1 aromatic rings. The summed E-state index contributed by atoms with van der Waals surface area (Å²) in [5.41, 5.74) is 0.788. The third-order valence-electron chi connectivity index (χ3n) is 4.96. The first-order chi connectivity index (χ1) is 12.2. The number of sulfonamides is 1. The number of hydrogen-bond donors (Lipinski definition) is 0. The molecule has 0 aliphatic carbocycles. The van der Waals surface area contributed by atoms with Gasteiger partial charge in [0.1, 0.15) is 5.82 Å². The Morgan fingerprint density at radius 3 is 2.19 bits per heavy atom. The van der Waals surface area contributed by atoms with E-state index in [1.807, 2.05) is 0 Å². The van der Waals surface area contributed by atoms with Crippen LogP contribution in [0.2, 0.25) is 0 Å². The molecule has 2 aliphatic heterocycles. The third kappa shape index (κ3) is 3.73. The number of nitrogens with zero attached hydrogens (tertiary/aromatic N) is 3. The van der Waals surface area contributed by atoms with Gasteiger partial charge in [0.15, 0.2) is 0 Å². The van der Waals surface area contributed by atoms with Gasteiger partial charge in [0.25, 0.3) is 5.91 Å². The zero-order chi connectivity index (χ0) is 19.1. The van der Waals surface area contributed by atoms with E-state index < -0.39 is 15.8 Å². The Kier molecular flexibility index (Phi) is 5.03. The molecule has 26 heavy (non-hydrogen) atoms. The van der Waals surface area contributed by atoms with E-state index in [0.29, 0.717) is 37.3 Å². The normalized spacial score (nSPS) is 19.3. The molecule has 3 rings (SSSR count). The van der Waals surface area contributed by atoms with Crippen LogP contribution in [0.4, 0.5) is 4.39 Å². The van der Waals surface area contributed by atoms with Crippen molar-refractivity contribution in [2.75, 3.05) is 45.5 Å². The molecule has 2 amide bonds. The topological polar surface area (TPSA) is 78.0 Å². The van der Waals surface area contributed by atoms with Crippen LogP contribution in [0.15, 0.2) is 18.2 Å². The Bertz CT molecular complexity index is 828. The number of amides is 2. The molecule has 0 aromatic heterocycles. The zero-order valence-corrected chi connectivity index (χ0v) is 15.6. The van der Waals surface area contributed by atoms with Crippen LogP contribution in [-0.2, 0) is 14.8 Å². The van der Waals surface area contributed by atoms with Crippen LogP contribution < -0.4 is 0 Å². The van der Waals surface area contributed by atoms with Gasteiger partial charge in [0.2, 0.25) is 15.9 Å². The fourth-order valence-corrected chi connectivity index (χ4v) is 4.06. The van der Waals surface area contributed by atoms with Gasteiger partial charge in [-0.05, 0) is 24.6 Å². The van der Waals surface area contributed by atoms with Crippen LogP contribution in [0.3, 0.4) is 0 Å². The zero-order valence-electron chi connectivity index (χ0n) is 14.8. The standard InChI is InChI=1S/C17H22FN3O4S/c1-12-3-4-13(9-15(12)18)16(22)19-5-7-20(8-6-19)17(23)14-10-21(11-14)26(2,24)25/h3-4,9,14H,5-8,10-11H2,1-2H3. The molecule has 2 saturated heterocycles. The lowest BCUT2D eigenvalue weighted by atomic mass is 10.0. The van der Waals surface area contributed by atoms with Gasteiger partial charge in [-0.3, -0.25) is 9.59 Å². The Labute approximate surface area is 152 Å². The molecule has 2 heterocycles. The number of carbonyl (C=O) groups excluding carboxylic acids is 2. The van der Waals surface area contributed by atoms with E-state index in [0.717, 1.165) is 6.26 Å². The maximum atomic E-state index is 13.7. The number of halogens is 1. The number of piperazine rings is 1. The van der Waals surface area contributed by atoms with Crippen molar-refractivity contribution in [2.45, 2.75) is 6.92 Å². The lowest BCUT2D eigenvalue weighted by Gasteiger charge is -2.41. The molecule has 2 aliphatic rings. The number of aryl methyl sites for hydroxylation is 1. The highest BCUT2D eigenvalue weighted by molar-refractivity contribution is 7.88. The summed E-state index contributed by atoms with van der Waals surface area (Å²) >= 11 is 0. The van der Waals surface area contributed by atoms with Gasteiger partial charge in [-0.15, -0.1) is 0 Å². The molecular weight excluding hydrogens is 361 g/mol. The molecule has 0 atom stereocenters. The predicted octanol–water partition coefficient (Wildman–Crippen LogP) is 0.310. The molecule has 0 spiro atoms. The summed E-state index contributed by atoms with van der Waals surface area (Å²) < 4.78 is 37.7. The first-order valence-electron chi connectivity index (χ1n) is 8.46. The third-order valence-corrected chi connectivity index (χ3v) is 6.20. The molecule has 0 unspecified atom stereocenters. The van der Waals surface area contributed by atoms with E-state index in [-0.39, 0.29) is 30.8 Å². The summed E-state index contributed by atoms with van der Waals surface area (Å²) in [6.07, 6.45) is 1.13. The molecule has 0 saturated carbocycles. The minimum absolute atomic E-state index is 0.0709. The fraction of sp³-hybridized carbons (Fsp3) is 0.529. The molecule has 142 valence electrons. The summed E-state index contributed by atoms with van der Waals surface area (Å²) in [4.78, 5) is 28.2. The first kappa shape index (κ1) is 18.8. The van der Waals surface area contributed by atoms with Crippen molar-refractivity contribution in [3.05, 3.63) is 35.1 Å². The minimum Gasteiger partial charge on any atom is -0.339 e. The van der Waals surface area contributed by atoms with Gasteiger partial charge < -0.3 is 9.80 Å². The number of rotatable bonds is 3. The van der Waals surface area contributed by atoms with E-state index in [4.69, 9.17) is 0 Å². The minimum atomic E-state index is -3.24. The lowest BCUT2D eigenvalue weighted by Crippen LogP contribution is -2.59. The second kappa shape index (κ2) is 6.96. The highest BCUT2D eigenvalue weighted by atomic mass is 32.2. The largest absolute Gasteiger partial charge is 0.339 e. The summed E-state index contributed by atoms with van der Waals surface area (Å²) in [6, 6.07) is 4.42. The van der Waals surface area contributed by atoms with Crippen molar-refractivity contribution in [1.82, 2.24) is 14.1 Å². The lowest BCUT2D eigenvalue weighted by molar-refractivity contribution is -0.140. The summed E-state index contributed by atoms with van der Waals surface area (Å²) in [6.45, 7) is 3.63. The maximum absolute atomic E-state index is 13.7. The van der Waals surface area contributed by atoms with Crippen molar-refractivity contribution in [3.8, 4) is 0 Å². The van der Waals surface area contributed by atoms with Crippen LogP contribution in [0.5, 0.6) is 0 Å². The van der Waals surface area contributed by atoms with Gasteiger partial charge in [-0.2, -0.15) is 0 Å². The van der Waals surface area contributed by atoms with Crippen molar-refractivity contribution in [1.29, 1.82) is 0 Å². The van der Waals surface area contributed by atoms with Gasteiger partial charge in [-0.25, -0.2) is 17.1 Å². The van der Waals surface area contributed by atoms with Crippen LogP contribution in [0.1, 0.15) is 15.9 Å². The van der Waals surface area contributed by atoms with E-state index in [2.05, 4.69) is 0 Å². The monoisotopic (exact) mass is 383 g/mol. The highest BCUT2D eigenvalue weighted by Gasteiger charge is 2.40. The van der Waals surface area contributed by atoms with Gasteiger partial charge in [-0.1, -0.05) is 6.07 Å². The summed E-state index contributed by atoms with van der Waals surface area (Å²) in [5, 5.41) is 0. The van der Waals surface area contributed by atoms with Crippen LogP contribution in [0.25, 0.3) is 0 Å². The average molecular weight is 383 g/mol. The number of benzene rings is 1. The fourth-order valence-electron chi connectivity index (χ4n) is 3.16. The summed E-state index contributed by atoms with van der Waals surface area (Å²) in [7, 11) is -3.24. The SMILES string of the molecule is Cc1ccc(C(=O)N2CCN(C(=O)C3CN(S(C)(=O)=O)C3)CC2)cc1F. The Hall–Kier alpha value is -2.00. The van der Waals surface area contributed by atoms with Gasteiger partial charge in [0, 0.05) is 44.8 Å². The quantitative estimate of drug-likeness (QED) is 0.753. The van der Waals surface area contributed by atoms with Crippen LogP contribution in [-0.4, -0.2) is 79.9 Å². The molecule has 2 fully saturated rings. The van der Waals surface area contributed by atoms with E-state index in [1.54, 1.807) is 28.9 Å². The van der Waals surface area contributed by atoms with E-state index in [1.165, 1.54) is 10.4 Å². The second-order valence-corrected chi connectivity index (χ2v) is 8.84. The van der Waals surface area contributed by atoms with E-state index in [9.17, 15) is 22.4 Å².